The maximum atomic E-state index is 15.0. The Kier molecular flexibility index (Phi) is 4.61. The third kappa shape index (κ3) is 3.36. The first-order valence-electron chi connectivity index (χ1n) is 8.08. The van der Waals surface area contributed by atoms with Crippen molar-refractivity contribution in [1.29, 1.82) is 0 Å². The molecule has 0 radical (unpaired) electrons. The molecule has 2 aromatic rings. The summed E-state index contributed by atoms with van der Waals surface area (Å²) < 4.78 is 41.2. The van der Waals surface area contributed by atoms with E-state index in [0.29, 0.717) is 28.0 Å². The summed E-state index contributed by atoms with van der Waals surface area (Å²) in [4.78, 5) is 15.6. The number of nitrogens with zero attached hydrogens (tertiary/aromatic N) is 2. The monoisotopic (exact) mass is 382 g/mol. The Morgan fingerprint density at radius 2 is 2.15 bits per heavy atom. The van der Waals surface area contributed by atoms with Crippen LogP contribution in [0.2, 0.25) is 0 Å². The number of amides is 1. The standard InChI is InChI=1S/C16H19FN4O4S/c1-9(2)5-6-18-12-4-3-10-7-11(22)16(14(17)15(10)19-12)21-8-13(23)20-26(21,24)25/h3-4,7,9,22H,5-6,8H2,1-2H3,(H,18,19)(H,20,23). The number of nitrogens with one attached hydrogen (secondary N) is 2. The van der Waals surface area contributed by atoms with Crippen molar-refractivity contribution in [2.24, 2.45) is 5.92 Å². The summed E-state index contributed by atoms with van der Waals surface area (Å²) in [5.41, 5.74) is -0.690. The molecule has 0 unspecified atom stereocenters. The lowest BCUT2D eigenvalue weighted by atomic mass is 10.1. The van der Waals surface area contributed by atoms with E-state index in [4.69, 9.17) is 0 Å². The van der Waals surface area contributed by atoms with Crippen LogP contribution in [0.15, 0.2) is 18.2 Å². The second-order valence-corrected chi connectivity index (χ2v) is 8.07. The highest BCUT2D eigenvalue weighted by Crippen LogP contribution is 2.38. The molecule has 8 nitrogen and oxygen atoms in total. The maximum absolute atomic E-state index is 15.0. The highest BCUT2D eigenvalue weighted by atomic mass is 32.2. The number of aromatic nitrogens is 1. The van der Waals surface area contributed by atoms with E-state index in [-0.39, 0.29) is 5.52 Å². The minimum absolute atomic E-state index is 0.0955. The van der Waals surface area contributed by atoms with Crippen molar-refractivity contribution < 1.29 is 22.7 Å². The van der Waals surface area contributed by atoms with Crippen molar-refractivity contribution >= 4 is 38.5 Å². The van der Waals surface area contributed by atoms with Gasteiger partial charge in [0.1, 0.15) is 29.3 Å². The number of aromatic hydroxyl groups is 1. The fourth-order valence-corrected chi connectivity index (χ4v) is 3.84. The predicted molar refractivity (Wildman–Crippen MR) is 95.7 cm³/mol. The van der Waals surface area contributed by atoms with Crippen LogP contribution in [0.25, 0.3) is 10.9 Å². The number of carbonyl (C=O) groups is 1. The highest BCUT2D eigenvalue weighted by molar-refractivity contribution is 7.92. The van der Waals surface area contributed by atoms with E-state index >= 15 is 0 Å². The number of hydrogen-bond acceptors (Lipinski definition) is 6. The second kappa shape index (κ2) is 6.60. The molecule has 3 N–H and O–H groups in total. The Hall–Kier alpha value is -2.62. The zero-order valence-corrected chi connectivity index (χ0v) is 15.1. The molecule has 3 rings (SSSR count). The van der Waals surface area contributed by atoms with Gasteiger partial charge in [-0.2, -0.15) is 8.42 Å². The van der Waals surface area contributed by atoms with E-state index in [9.17, 15) is 22.7 Å². The quantitative estimate of drug-likeness (QED) is 0.726. The molecule has 140 valence electrons. The van der Waals surface area contributed by atoms with Gasteiger partial charge < -0.3 is 10.4 Å². The molecule has 0 bridgehead atoms. The van der Waals surface area contributed by atoms with E-state index in [0.717, 1.165) is 6.42 Å². The van der Waals surface area contributed by atoms with Crippen LogP contribution in [0.3, 0.4) is 0 Å². The lowest BCUT2D eigenvalue weighted by Gasteiger charge is -2.18. The average molecular weight is 382 g/mol. The number of phenols is 1. The van der Waals surface area contributed by atoms with Crippen molar-refractivity contribution in [1.82, 2.24) is 9.71 Å². The minimum Gasteiger partial charge on any atom is -0.506 e. The lowest BCUT2D eigenvalue weighted by molar-refractivity contribution is -0.117. The van der Waals surface area contributed by atoms with Gasteiger partial charge in [-0.3, -0.25) is 4.79 Å². The highest BCUT2D eigenvalue weighted by Gasteiger charge is 2.38. The van der Waals surface area contributed by atoms with Gasteiger partial charge in [0.15, 0.2) is 5.82 Å². The zero-order valence-electron chi connectivity index (χ0n) is 14.3. The molecule has 1 aromatic carbocycles. The summed E-state index contributed by atoms with van der Waals surface area (Å²) in [5, 5.41) is 13.5. The zero-order chi connectivity index (χ0) is 19.1. The number of anilines is 2. The van der Waals surface area contributed by atoms with Gasteiger partial charge in [0, 0.05) is 11.9 Å². The third-order valence-corrected chi connectivity index (χ3v) is 5.35. The van der Waals surface area contributed by atoms with Crippen LogP contribution in [0.1, 0.15) is 20.3 Å². The van der Waals surface area contributed by atoms with Gasteiger partial charge in [-0.15, -0.1) is 0 Å². The van der Waals surface area contributed by atoms with E-state index in [2.05, 4.69) is 24.1 Å². The first-order chi connectivity index (χ1) is 12.2. The van der Waals surface area contributed by atoms with Crippen molar-refractivity contribution in [2.75, 3.05) is 22.7 Å². The smallest absolute Gasteiger partial charge is 0.326 e. The largest absolute Gasteiger partial charge is 0.506 e. The topological polar surface area (TPSA) is 112 Å². The van der Waals surface area contributed by atoms with Gasteiger partial charge in [0.25, 0.3) is 5.91 Å². The second-order valence-electron chi connectivity index (χ2n) is 6.47. The average Bonchev–Trinajstić information content (AvgIpc) is 2.80. The molecule has 10 heteroatoms. The fourth-order valence-electron chi connectivity index (χ4n) is 2.67. The lowest BCUT2D eigenvalue weighted by Crippen LogP contribution is -2.30. The predicted octanol–water partition coefficient (Wildman–Crippen LogP) is 1.72. The van der Waals surface area contributed by atoms with Gasteiger partial charge in [0.05, 0.1) is 0 Å². The van der Waals surface area contributed by atoms with Crippen LogP contribution < -0.4 is 14.3 Å². The van der Waals surface area contributed by atoms with Crippen molar-refractivity contribution in [3.8, 4) is 5.75 Å². The summed E-state index contributed by atoms with van der Waals surface area (Å²) in [6, 6.07) is 4.45. The van der Waals surface area contributed by atoms with Crippen molar-refractivity contribution in [3.63, 3.8) is 0 Å². The number of halogens is 1. The van der Waals surface area contributed by atoms with Crippen LogP contribution in [0.4, 0.5) is 15.9 Å². The molecule has 2 heterocycles. The summed E-state index contributed by atoms with van der Waals surface area (Å²) in [6.45, 7) is 4.21. The van der Waals surface area contributed by atoms with Gasteiger partial charge in [-0.1, -0.05) is 13.8 Å². The van der Waals surface area contributed by atoms with Crippen LogP contribution in [0, 0.1) is 11.7 Å². The van der Waals surface area contributed by atoms with Gasteiger partial charge in [-0.05, 0) is 30.5 Å². The number of benzene rings is 1. The van der Waals surface area contributed by atoms with Crippen molar-refractivity contribution in [2.45, 2.75) is 20.3 Å². The minimum atomic E-state index is -4.25. The number of phenolic OH excluding ortho intramolecular Hbond substituents is 1. The molecule has 1 amide bonds. The number of fused-ring (bicyclic) bond motifs is 1. The van der Waals surface area contributed by atoms with Gasteiger partial charge in [0.2, 0.25) is 0 Å². The van der Waals surface area contributed by atoms with Gasteiger partial charge >= 0.3 is 10.2 Å². The Morgan fingerprint density at radius 1 is 1.42 bits per heavy atom. The molecule has 1 saturated heterocycles. The molecule has 0 saturated carbocycles. The molecule has 26 heavy (non-hydrogen) atoms. The van der Waals surface area contributed by atoms with Crippen LogP contribution in [-0.2, 0) is 15.0 Å². The maximum Gasteiger partial charge on any atom is 0.326 e. The molecule has 1 aromatic heterocycles. The van der Waals surface area contributed by atoms with E-state index < -0.39 is 39.9 Å². The van der Waals surface area contributed by atoms with Gasteiger partial charge in [-0.25, -0.2) is 18.4 Å². The normalized spacial score (nSPS) is 16.3. The Bertz CT molecular complexity index is 978. The van der Waals surface area contributed by atoms with E-state index in [1.54, 1.807) is 16.9 Å². The Morgan fingerprint density at radius 3 is 2.77 bits per heavy atom. The Balaban J connectivity index is 2.04. The Labute approximate surface area is 150 Å². The molecular weight excluding hydrogens is 363 g/mol. The first-order valence-corrected chi connectivity index (χ1v) is 9.52. The SMILES string of the molecule is CC(C)CCNc1ccc2cc(O)c(N3CC(=O)NS3(=O)=O)c(F)c2n1. The van der Waals surface area contributed by atoms with Crippen molar-refractivity contribution in [3.05, 3.63) is 24.0 Å². The third-order valence-electron chi connectivity index (χ3n) is 3.97. The molecule has 1 aliphatic rings. The van der Waals surface area contributed by atoms with Crippen LogP contribution in [-0.4, -0.2) is 37.5 Å². The summed E-state index contributed by atoms with van der Waals surface area (Å²) in [5.74, 6) is -1.47. The molecule has 1 fully saturated rings. The van der Waals surface area contributed by atoms with Crippen LogP contribution in [0.5, 0.6) is 5.75 Å². The van der Waals surface area contributed by atoms with E-state index in [1.807, 2.05) is 0 Å². The number of carbonyl (C=O) groups excluding carboxylic acids is 1. The fraction of sp³-hybridized carbons (Fsp3) is 0.375. The molecule has 1 aliphatic heterocycles. The van der Waals surface area contributed by atoms with E-state index in [1.165, 1.54) is 6.07 Å². The molecule has 0 spiro atoms. The molecular formula is C16H19FN4O4S. The number of rotatable bonds is 5. The van der Waals surface area contributed by atoms with Crippen LogP contribution >= 0.6 is 0 Å². The summed E-state index contributed by atoms with van der Waals surface area (Å²) >= 11 is 0. The number of pyridine rings is 1. The molecule has 0 atom stereocenters. The number of hydrogen-bond donors (Lipinski definition) is 3. The first kappa shape index (κ1) is 18.2. The summed E-state index contributed by atoms with van der Waals surface area (Å²) in [6.07, 6.45) is 0.906. The summed E-state index contributed by atoms with van der Waals surface area (Å²) in [7, 11) is -4.25. The molecule has 0 aliphatic carbocycles.